The summed E-state index contributed by atoms with van der Waals surface area (Å²) < 4.78 is 19.3. The van der Waals surface area contributed by atoms with Crippen LogP contribution in [0, 0.1) is 12.7 Å². The second-order valence-corrected chi connectivity index (χ2v) is 6.53. The average Bonchev–Trinajstić information content (AvgIpc) is 2.90. The fourth-order valence-electron chi connectivity index (χ4n) is 2.79. The van der Waals surface area contributed by atoms with Gasteiger partial charge in [-0.2, -0.15) is 0 Å². The third-order valence-electron chi connectivity index (χ3n) is 3.79. The quantitative estimate of drug-likeness (QED) is 0.774. The lowest BCUT2D eigenvalue weighted by atomic mass is 10.00. The number of hydrogen-bond donors (Lipinski definition) is 1. The van der Waals surface area contributed by atoms with Gasteiger partial charge in [-0.05, 0) is 19.1 Å². The molecule has 112 valence electrons. The first-order valence-electron chi connectivity index (χ1n) is 7.11. The summed E-state index contributed by atoms with van der Waals surface area (Å²) in [6.45, 7) is 2.54. The van der Waals surface area contributed by atoms with Gasteiger partial charge in [-0.3, -0.25) is 0 Å². The standard InChI is InChI=1S/C16H14FN3OS/c1-9-7-11-15(18-8-19-16(11)22-9)20-13-5-6-21-14-10(13)3-2-4-12(14)17/h2-4,7-8,13H,5-6H2,1H3,(H,18,19,20)/t13-/m0/s1. The van der Waals surface area contributed by atoms with Crippen LogP contribution < -0.4 is 10.1 Å². The number of anilines is 1. The molecule has 22 heavy (non-hydrogen) atoms. The van der Waals surface area contributed by atoms with Crippen LogP contribution in [0.4, 0.5) is 10.2 Å². The maximum Gasteiger partial charge on any atom is 0.165 e. The van der Waals surface area contributed by atoms with Crippen molar-refractivity contribution in [2.24, 2.45) is 0 Å². The van der Waals surface area contributed by atoms with Gasteiger partial charge >= 0.3 is 0 Å². The molecule has 1 aliphatic rings. The lowest BCUT2D eigenvalue weighted by Gasteiger charge is -2.27. The molecule has 2 aromatic heterocycles. The van der Waals surface area contributed by atoms with Crippen molar-refractivity contribution < 1.29 is 9.13 Å². The molecule has 0 saturated heterocycles. The van der Waals surface area contributed by atoms with Gasteiger partial charge in [0, 0.05) is 16.9 Å². The predicted octanol–water partition coefficient (Wildman–Crippen LogP) is 4.07. The number of nitrogens with one attached hydrogen (secondary N) is 1. The summed E-state index contributed by atoms with van der Waals surface area (Å²) in [5, 5.41) is 4.44. The Balaban J connectivity index is 1.74. The summed E-state index contributed by atoms with van der Waals surface area (Å²) in [5.74, 6) is 0.817. The molecule has 1 aromatic carbocycles. The first kappa shape index (κ1) is 13.5. The monoisotopic (exact) mass is 315 g/mol. The lowest BCUT2D eigenvalue weighted by Crippen LogP contribution is -2.21. The van der Waals surface area contributed by atoms with Crippen LogP contribution in [0.3, 0.4) is 0 Å². The number of para-hydroxylation sites is 1. The van der Waals surface area contributed by atoms with E-state index in [0.29, 0.717) is 12.4 Å². The molecule has 3 aromatic rings. The Hall–Kier alpha value is -2.21. The molecule has 0 radical (unpaired) electrons. The number of aryl methyl sites for hydroxylation is 1. The van der Waals surface area contributed by atoms with E-state index in [1.54, 1.807) is 23.7 Å². The lowest BCUT2D eigenvalue weighted by molar-refractivity contribution is 0.260. The average molecular weight is 315 g/mol. The number of rotatable bonds is 2. The Kier molecular flexibility index (Phi) is 3.18. The smallest absolute Gasteiger partial charge is 0.165 e. The molecule has 3 heterocycles. The number of benzene rings is 1. The van der Waals surface area contributed by atoms with Crippen LogP contribution in [0.25, 0.3) is 10.2 Å². The molecule has 0 unspecified atom stereocenters. The molecule has 0 saturated carbocycles. The predicted molar refractivity (Wildman–Crippen MR) is 85.0 cm³/mol. The normalized spacial score (nSPS) is 17.1. The largest absolute Gasteiger partial charge is 0.490 e. The van der Waals surface area contributed by atoms with Gasteiger partial charge in [-0.25, -0.2) is 14.4 Å². The Morgan fingerprint density at radius 2 is 2.27 bits per heavy atom. The fraction of sp³-hybridized carbons (Fsp3) is 0.250. The molecule has 0 spiro atoms. The van der Waals surface area contributed by atoms with E-state index in [-0.39, 0.29) is 11.9 Å². The van der Waals surface area contributed by atoms with Crippen LogP contribution in [0.5, 0.6) is 5.75 Å². The summed E-state index contributed by atoms with van der Waals surface area (Å²) in [7, 11) is 0. The van der Waals surface area contributed by atoms with Crippen LogP contribution >= 0.6 is 11.3 Å². The van der Waals surface area contributed by atoms with Crippen molar-refractivity contribution in [3.63, 3.8) is 0 Å². The maximum absolute atomic E-state index is 13.9. The van der Waals surface area contributed by atoms with E-state index >= 15 is 0 Å². The van der Waals surface area contributed by atoms with Gasteiger partial charge in [-0.1, -0.05) is 12.1 Å². The number of aromatic nitrogens is 2. The van der Waals surface area contributed by atoms with Crippen LogP contribution in [0.15, 0.2) is 30.6 Å². The van der Waals surface area contributed by atoms with Crippen molar-refractivity contribution >= 4 is 27.4 Å². The van der Waals surface area contributed by atoms with Crippen LogP contribution in [0.1, 0.15) is 22.9 Å². The van der Waals surface area contributed by atoms with Crippen LogP contribution in [0.2, 0.25) is 0 Å². The van der Waals surface area contributed by atoms with E-state index in [9.17, 15) is 4.39 Å². The van der Waals surface area contributed by atoms with Crippen LogP contribution in [-0.4, -0.2) is 16.6 Å². The van der Waals surface area contributed by atoms with E-state index in [1.807, 2.05) is 6.07 Å². The maximum atomic E-state index is 13.9. The number of halogens is 1. The summed E-state index contributed by atoms with van der Waals surface area (Å²) >= 11 is 1.64. The summed E-state index contributed by atoms with van der Waals surface area (Å²) in [4.78, 5) is 10.8. The van der Waals surface area contributed by atoms with E-state index in [1.165, 1.54) is 10.9 Å². The third kappa shape index (κ3) is 2.20. The highest BCUT2D eigenvalue weighted by Crippen LogP contribution is 2.37. The molecule has 0 fully saturated rings. The highest BCUT2D eigenvalue weighted by molar-refractivity contribution is 7.18. The Morgan fingerprint density at radius 3 is 3.18 bits per heavy atom. The zero-order valence-electron chi connectivity index (χ0n) is 12.0. The summed E-state index contributed by atoms with van der Waals surface area (Å²) in [6.07, 6.45) is 2.33. The van der Waals surface area contributed by atoms with Crippen molar-refractivity contribution in [2.45, 2.75) is 19.4 Å². The van der Waals surface area contributed by atoms with Crippen molar-refractivity contribution in [3.05, 3.63) is 46.9 Å². The highest BCUT2D eigenvalue weighted by Gasteiger charge is 2.24. The Labute approximate surface area is 131 Å². The van der Waals surface area contributed by atoms with E-state index < -0.39 is 0 Å². The first-order valence-corrected chi connectivity index (χ1v) is 7.93. The second kappa shape index (κ2) is 5.21. The molecule has 4 nitrogen and oxygen atoms in total. The second-order valence-electron chi connectivity index (χ2n) is 5.29. The Bertz CT molecular complexity index is 849. The number of nitrogens with zero attached hydrogens (tertiary/aromatic N) is 2. The van der Waals surface area contributed by atoms with Gasteiger partial charge in [0.15, 0.2) is 11.6 Å². The van der Waals surface area contributed by atoms with Crippen molar-refractivity contribution in [1.82, 2.24) is 9.97 Å². The van der Waals surface area contributed by atoms with E-state index in [0.717, 1.165) is 28.0 Å². The van der Waals surface area contributed by atoms with Gasteiger partial charge in [0.2, 0.25) is 0 Å². The SMILES string of the molecule is Cc1cc2c(N[C@H]3CCOc4c(F)cccc43)ncnc2s1. The minimum Gasteiger partial charge on any atom is -0.490 e. The van der Waals surface area contributed by atoms with E-state index in [2.05, 4.69) is 28.3 Å². The molecular weight excluding hydrogens is 301 g/mol. The molecule has 0 amide bonds. The van der Waals surface area contributed by atoms with Gasteiger partial charge < -0.3 is 10.1 Å². The number of ether oxygens (including phenoxy) is 1. The third-order valence-corrected chi connectivity index (χ3v) is 4.75. The Morgan fingerprint density at radius 1 is 1.36 bits per heavy atom. The highest BCUT2D eigenvalue weighted by atomic mass is 32.1. The van der Waals surface area contributed by atoms with E-state index in [4.69, 9.17) is 4.74 Å². The van der Waals surface area contributed by atoms with Crippen molar-refractivity contribution in [1.29, 1.82) is 0 Å². The number of fused-ring (bicyclic) bond motifs is 2. The molecule has 1 aliphatic heterocycles. The molecule has 6 heteroatoms. The minimum absolute atomic E-state index is 0.0160. The number of thiophene rings is 1. The topological polar surface area (TPSA) is 47.0 Å². The molecule has 4 rings (SSSR count). The zero-order valence-corrected chi connectivity index (χ0v) is 12.8. The van der Waals surface area contributed by atoms with Crippen molar-refractivity contribution in [3.8, 4) is 5.75 Å². The van der Waals surface area contributed by atoms with Gasteiger partial charge in [0.1, 0.15) is 17.0 Å². The zero-order chi connectivity index (χ0) is 15.1. The molecule has 0 aliphatic carbocycles. The molecular formula is C16H14FN3OS. The van der Waals surface area contributed by atoms with Gasteiger partial charge in [0.05, 0.1) is 18.0 Å². The van der Waals surface area contributed by atoms with Crippen LogP contribution in [-0.2, 0) is 0 Å². The van der Waals surface area contributed by atoms with Crippen molar-refractivity contribution in [2.75, 3.05) is 11.9 Å². The number of hydrogen-bond acceptors (Lipinski definition) is 5. The first-order chi connectivity index (χ1) is 10.7. The molecule has 0 bridgehead atoms. The fourth-order valence-corrected chi connectivity index (χ4v) is 3.64. The minimum atomic E-state index is -0.316. The summed E-state index contributed by atoms with van der Waals surface area (Å²) in [5.41, 5.74) is 0.838. The van der Waals surface area contributed by atoms with Gasteiger partial charge in [0.25, 0.3) is 0 Å². The van der Waals surface area contributed by atoms with Gasteiger partial charge in [-0.15, -0.1) is 11.3 Å². The molecule has 1 N–H and O–H groups in total. The molecule has 1 atom stereocenters. The summed E-state index contributed by atoms with van der Waals surface area (Å²) in [6, 6.07) is 7.09.